The third-order valence-electron chi connectivity index (χ3n) is 2.99. The van der Waals surface area contributed by atoms with Crippen LogP contribution in [0.15, 0.2) is 46.9 Å². The summed E-state index contributed by atoms with van der Waals surface area (Å²) in [6, 6.07) is 12.8. The van der Waals surface area contributed by atoms with Crippen LogP contribution < -0.4 is 11.5 Å². The Labute approximate surface area is 126 Å². The molecule has 0 saturated carbocycles. The van der Waals surface area contributed by atoms with E-state index in [0.717, 1.165) is 10.0 Å². The molecule has 0 aliphatic carbocycles. The number of nitrogens with zero attached hydrogens (tertiary/aromatic N) is 1. The Morgan fingerprint density at radius 1 is 1.15 bits per heavy atom. The minimum Gasteiger partial charge on any atom is -0.399 e. The van der Waals surface area contributed by atoms with Gasteiger partial charge in [0.05, 0.1) is 5.56 Å². The molecule has 0 heterocycles. The molecule has 2 rings (SSSR count). The van der Waals surface area contributed by atoms with Crippen LogP contribution in [-0.4, -0.2) is 17.9 Å². The molecule has 4 N–H and O–H groups in total. The first-order chi connectivity index (χ1) is 9.47. The lowest BCUT2D eigenvalue weighted by Gasteiger charge is -2.18. The molecule has 0 aliphatic rings. The standard InChI is InChI=1S/C15H16BrN3O/c1-19(9-10-2-4-11(16)5-3-10)15(20)13-7-6-12(17)8-14(13)18/h2-8H,9,17-18H2,1H3. The second-order valence-corrected chi connectivity index (χ2v) is 5.55. The molecular weight excluding hydrogens is 318 g/mol. The zero-order chi connectivity index (χ0) is 14.7. The van der Waals surface area contributed by atoms with Gasteiger partial charge in [0.25, 0.3) is 5.91 Å². The summed E-state index contributed by atoms with van der Waals surface area (Å²) in [6.07, 6.45) is 0. The summed E-state index contributed by atoms with van der Waals surface area (Å²) in [5, 5.41) is 0. The minimum atomic E-state index is -0.120. The molecule has 1 amide bonds. The number of hydrogen-bond donors (Lipinski definition) is 2. The van der Waals surface area contributed by atoms with Gasteiger partial charge in [0.2, 0.25) is 0 Å². The number of halogens is 1. The highest BCUT2D eigenvalue weighted by Gasteiger charge is 2.15. The van der Waals surface area contributed by atoms with E-state index in [9.17, 15) is 4.79 Å². The van der Waals surface area contributed by atoms with Crippen molar-refractivity contribution < 1.29 is 4.79 Å². The SMILES string of the molecule is CN(Cc1ccc(Br)cc1)C(=O)c1ccc(N)cc1N. The molecule has 2 aromatic carbocycles. The third kappa shape index (κ3) is 3.30. The molecule has 0 unspecified atom stereocenters. The maximum Gasteiger partial charge on any atom is 0.255 e. The average Bonchev–Trinajstić information content (AvgIpc) is 2.40. The van der Waals surface area contributed by atoms with Crippen LogP contribution >= 0.6 is 15.9 Å². The number of rotatable bonds is 3. The first-order valence-corrected chi connectivity index (χ1v) is 6.91. The van der Waals surface area contributed by atoms with Gasteiger partial charge in [-0.1, -0.05) is 28.1 Å². The quantitative estimate of drug-likeness (QED) is 0.848. The highest BCUT2D eigenvalue weighted by Crippen LogP contribution is 2.18. The molecule has 2 aromatic rings. The Bertz CT molecular complexity index is 626. The molecule has 0 bridgehead atoms. The highest BCUT2D eigenvalue weighted by molar-refractivity contribution is 9.10. The van der Waals surface area contributed by atoms with E-state index in [2.05, 4.69) is 15.9 Å². The van der Waals surface area contributed by atoms with Gasteiger partial charge in [-0.05, 0) is 35.9 Å². The van der Waals surface area contributed by atoms with Gasteiger partial charge in [0.1, 0.15) is 0 Å². The summed E-state index contributed by atoms with van der Waals surface area (Å²) in [5.74, 6) is -0.120. The number of hydrogen-bond acceptors (Lipinski definition) is 3. The molecular formula is C15H16BrN3O. The molecule has 0 fully saturated rings. The predicted octanol–water partition coefficient (Wildman–Crippen LogP) is 2.89. The monoisotopic (exact) mass is 333 g/mol. The van der Waals surface area contributed by atoms with E-state index >= 15 is 0 Å². The molecule has 20 heavy (non-hydrogen) atoms. The Balaban J connectivity index is 2.14. The summed E-state index contributed by atoms with van der Waals surface area (Å²) >= 11 is 3.38. The smallest absolute Gasteiger partial charge is 0.255 e. The van der Waals surface area contributed by atoms with Crippen LogP contribution in [0.5, 0.6) is 0 Å². The van der Waals surface area contributed by atoms with E-state index in [1.165, 1.54) is 0 Å². The number of anilines is 2. The van der Waals surface area contributed by atoms with Crippen molar-refractivity contribution in [3.05, 3.63) is 58.1 Å². The van der Waals surface area contributed by atoms with Crippen LogP contribution in [-0.2, 0) is 6.54 Å². The van der Waals surface area contributed by atoms with Crippen LogP contribution in [0.1, 0.15) is 15.9 Å². The van der Waals surface area contributed by atoms with Crippen molar-refractivity contribution in [1.29, 1.82) is 0 Å². The lowest BCUT2D eigenvalue weighted by atomic mass is 10.1. The number of nitrogens with two attached hydrogens (primary N) is 2. The Hall–Kier alpha value is -2.01. The number of carbonyl (C=O) groups excluding carboxylic acids is 1. The maximum absolute atomic E-state index is 12.3. The largest absolute Gasteiger partial charge is 0.399 e. The molecule has 0 aromatic heterocycles. The van der Waals surface area contributed by atoms with Crippen molar-refractivity contribution in [2.24, 2.45) is 0 Å². The molecule has 0 radical (unpaired) electrons. The van der Waals surface area contributed by atoms with E-state index in [-0.39, 0.29) is 5.91 Å². The van der Waals surface area contributed by atoms with Gasteiger partial charge >= 0.3 is 0 Å². The number of nitrogen functional groups attached to an aromatic ring is 2. The third-order valence-corrected chi connectivity index (χ3v) is 3.51. The summed E-state index contributed by atoms with van der Waals surface area (Å²) in [4.78, 5) is 14.0. The molecule has 104 valence electrons. The second kappa shape index (κ2) is 5.96. The first-order valence-electron chi connectivity index (χ1n) is 6.12. The Morgan fingerprint density at radius 3 is 2.40 bits per heavy atom. The molecule has 5 heteroatoms. The molecule has 4 nitrogen and oxygen atoms in total. The Kier molecular flexibility index (Phi) is 4.29. The number of benzene rings is 2. The zero-order valence-electron chi connectivity index (χ0n) is 11.1. The van der Waals surface area contributed by atoms with Crippen molar-refractivity contribution in [2.45, 2.75) is 6.54 Å². The van der Waals surface area contributed by atoms with Gasteiger partial charge in [-0.2, -0.15) is 0 Å². The van der Waals surface area contributed by atoms with Crippen molar-refractivity contribution in [3.8, 4) is 0 Å². The van der Waals surface area contributed by atoms with Crippen molar-refractivity contribution >= 4 is 33.2 Å². The molecule has 0 spiro atoms. The van der Waals surface area contributed by atoms with Crippen molar-refractivity contribution in [3.63, 3.8) is 0 Å². The lowest BCUT2D eigenvalue weighted by Crippen LogP contribution is -2.27. The fourth-order valence-corrected chi connectivity index (χ4v) is 2.18. The van der Waals surface area contributed by atoms with Gasteiger partial charge in [0, 0.05) is 29.4 Å². The predicted molar refractivity (Wildman–Crippen MR) is 85.2 cm³/mol. The van der Waals surface area contributed by atoms with Crippen LogP contribution in [0.4, 0.5) is 11.4 Å². The highest BCUT2D eigenvalue weighted by atomic mass is 79.9. The molecule has 0 saturated heterocycles. The fraction of sp³-hybridized carbons (Fsp3) is 0.133. The van der Waals surface area contributed by atoms with Crippen molar-refractivity contribution in [2.75, 3.05) is 18.5 Å². The number of amides is 1. The van der Waals surface area contributed by atoms with Gasteiger partial charge in [0.15, 0.2) is 0 Å². The van der Waals surface area contributed by atoms with Gasteiger partial charge < -0.3 is 16.4 Å². The second-order valence-electron chi connectivity index (χ2n) is 4.63. The van der Waals surface area contributed by atoms with Crippen LogP contribution in [0.3, 0.4) is 0 Å². The van der Waals surface area contributed by atoms with E-state index in [1.807, 2.05) is 24.3 Å². The van der Waals surface area contributed by atoms with Crippen LogP contribution in [0.25, 0.3) is 0 Å². The summed E-state index contributed by atoms with van der Waals surface area (Å²) in [6.45, 7) is 0.524. The summed E-state index contributed by atoms with van der Waals surface area (Å²) < 4.78 is 1.01. The average molecular weight is 334 g/mol. The topological polar surface area (TPSA) is 72.3 Å². The Morgan fingerprint density at radius 2 is 1.80 bits per heavy atom. The maximum atomic E-state index is 12.3. The van der Waals surface area contributed by atoms with Gasteiger partial charge in [-0.25, -0.2) is 0 Å². The molecule has 0 atom stereocenters. The van der Waals surface area contributed by atoms with E-state index < -0.39 is 0 Å². The zero-order valence-corrected chi connectivity index (χ0v) is 12.7. The molecule has 0 aliphatic heterocycles. The fourth-order valence-electron chi connectivity index (χ4n) is 1.92. The van der Waals surface area contributed by atoms with E-state index in [1.54, 1.807) is 30.1 Å². The lowest BCUT2D eigenvalue weighted by molar-refractivity contribution is 0.0786. The van der Waals surface area contributed by atoms with Crippen molar-refractivity contribution in [1.82, 2.24) is 4.90 Å². The first kappa shape index (κ1) is 14.4. The van der Waals surface area contributed by atoms with E-state index in [4.69, 9.17) is 11.5 Å². The summed E-state index contributed by atoms with van der Waals surface area (Å²) in [5.41, 5.74) is 13.9. The van der Waals surface area contributed by atoms with Crippen LogP contribution in [0.2, 0.25) is 0 Å². The van der Waals surface area contributed by atoms with E-state index in [0.29, 0.717) is 23.5 Å². The normalized spacial score (nSPS) is 10.3. The number of carbonyl (C=O) groups is 1. The summed E-state index contributed by atoms with van der Waals surface area (Å²) in [7, 11) is 1.75. The van der Waals surface area contributed by atoms with Crippen LogP contribution in [0, 0.1) is 0 Å². The van der Waals surface area contributed by atoms with Gasteiger partial charge in [-0.15, -0.1) is 0 Å². The van der Waals surface area contributed by atoms with Gasteiger partial charge in [-0.3, -0.25) is 4.79 Å². The minimum absolute atomic E-state index is 0.120.